The number of allylic oxidation sites excluding steroid dienone is 1. The molecule has 0 aliphatic carbocycles. The minimum absolute atomic E-state index is 0.349. The average molecular weight is 319 g/mol. The molecule has 0 spiro atoms. The van der Waals surface area contributed by atoms with Gasteiger partial charge >= 0.3 is 0 Å². The molecule has 3 rings (SSSR count). The van der Waals surface area contributed by atoms with Crippen LogP contribution in [-0.4, -0.2) is 22.1 Å². The number of nitrogens with zero attached hydrogens (tertiary/aromatic N) is 2. The van der Waals surface area contributed by atoms with Crippen LogP contribution in [0.25, 0.3) is 11.0 Å². The molecule has 0 aliphatic rings. The largest absolute Gasteiger partial charge is 0.398 e. The summed E-state index contributed by atoms with van der Waals surface area (Å²) in [6.07, 6.45) is 5.21. The number of hydrogen-bond donors (Lipinski definition) is 1. The van der Waals surface area contributed by atoms with Crippen molar-refractivity contribution in [1.82, 2.24) is 9.55 Å². The fraction of sp³-hybridized carbons (Fsp3) is 0.105. The van der Waals surface area contributed by atoms with E-state index in [1.165, 1.54) is 0 Å². The van der Waals surface area contributed by atoms with Crippen LogP contribution in [0, 0.1) is 0 Å². The van der Waals surface area contributed by atoms with Crippen LogP contribution in [0.4, 0.5) is 5.69 Å². The third kappa shape index (κ3) is 2.22. The van der Waals surface area contributed by atoms with Gasteiger partial charge in [0.05, 0.1) is 17.4 Å². The van der Waals surface area contributed by atoms with E-state index in [2.05, 4.69) is 11.6 Å². The molecule has 0 fully saturated rings. The number of aromatic nitrogens is 2. The van der Waals surface area contributed by atoms with Crippen LogP contribution in [0.2, 0.25) is 0 Å². The summed E-state index contributed by atoms with van der Waals surface area (Å²) in [6, 6.07) is 12.5. The number of carbonyl (C=O) groups excluding carboxylic acids is 2. The molecule has 0 amide bonds. The monoisotopic (exact) mass is 319 g/mol. The number of carbonyl (C=O) groups is 2. The van der Waals surface area contributed by atoms with Gasteiger partial charge in [0.25, 0.3) is 0 Å². The normalized spacial score (nSPS) is 13.3. The maximum absolute atomic E-state index is 12.2. The quantitative estimate of drug-likeness (QED) is 0.430. The Hall–Kier alpha value is -3.21. The van der Waals surface area contributed by atoms with Gasteiger partial charge in [0, 0.05) is 16.8 Å². The predicted octanol–water partition coefficient (Wildman–Crippen LogP) is 2.95. The highest BCUT2D eigenvalue weighted by Gasteiger charge is 2.35. The van der Waals surface area contributed by atoms with Gasteiger partial charge in [-0.15, -0.1) is 6.58 Å². The number of para-hydroxylation sites is 2. The van der Waals surface area contributed by atoms with Crippen molar-refractivity contribution in [1.29, 1.82) is 0 Å². The Kier molecular flexibility index (Phi) is 4.00. The molecule has 0 saturated carbocycles. The summed E-state index contributed by atoms with van der Waals surface area (Å²) in [5.74, 6) is 0. The van der Waals surface area contributed by atoms with Crippen LogP contribution < -0.4 is 5.73 Å². The second kappa shape index (κ2) is 6.12. The van der Waals surface area contributed by atoms with Gasteiger partial charge in [0.15, 0.2) is 12.6 Å². The van der Waals surface area contributed by atoms with Crippen molar-refractivity contribution in [3.8, 4) is 0 Å². The Labute approximate surface area is 139 Å². The molecule has 0 saturated heterocycles. The Balaban J connectivity index is 2.36. The number of benzene rings is 2. The number of fused-ring (bicyclic) bond motifs is 1. The Morgan fingerprint density at radius 3 is 2.62 bits per heavy atom. The Morgan fingerprint density at radius 2 is 1.96 bits per heavy atom. The molecule has 1 atom stereocenters. The molecule has 0 aliphatic heterocycles. The summed E-state index contributed by atoms with van der Waals surface area (Å²) < 4.78 is 1.76. The van der Waals surface area contributed by atoms with E-state index in [-0.39, 0.29) is 0 Å². The minimum atomic E-state index is -1.07. The average Bonchev–Trinajstić information content (AvgIpc) is 3.05. The number of hydrogen-bond acceptors (Lipinski definition) is 4. The van der Waals surface area contributed by atoms with E-state index in [1.807, 2.05) is 24.3 Å². The first-order chi connectivity index (χ1) is 11.7. The van der Waals surface area contributed by atoms with E-state index < -0.39 is 5.54 Å². The lowest BCUT2D eigenvalue weighted by molar-refractivity contribution is -0.113. The first-order valence-electron chi connectivity index (χ1n) is 7.52. The van der Waals surface area contributed by atoms with Gasteiger partial charge in [0.2, 0.25) is 0 Å². The third-order valence-corrected chi connectivity index (χ3v) is 4.24. The van der Waals surface area contributed by atoms with Crippen molar-refractivity contribution < 1.29 is 9.59 Å². The number of nitrogen functional groups attached to an aromatic ring is 1. The third-order valence-electron chi connectivity index (χ3n) is 4.24. The highest BCUT2D eigenvalue weighted by atomic mass is 16.1. The number of rotatable bonds is 6. The molecule has 120 valence electrons. The van der Waals surface area contributed by atoms with Crippen molar-refractivity contribution in [3.63, 3.8) is 0 Å². The second-order valence-electron chi connectivity index (χ2n) is 5.57. The van der Waals surface area contributed by atoms with Crippen LogP contribution in [0.1, 0.15) is 22.3 Å². The molecule has 3 aromatic rings. The number of imidazole rings is 1. The second-order valence-corrected chi connectivity index (χ2v) is 5.57. The summed E-state index contributed by atoms with van der Waals surface area (Å²) in [6.45, 7) is 3.78. The zero-order chi connectivity index (χ0) is 17.2. The van der Waals surface area contributed by atoms with Crippen LogP contribution in [0.3, 0.4) is 0 Å². The summed E-state index contributed by atoms with van der Waals surface area (Å²) in [5.41, 5.74) is 7.98. The smallest absolute Gasteiger partial charge is 0.152 e. The zero-order valence-corrected chi connectivity index (χ0v) is 13.1. The van der Waals surface area contributed by atoms with E-state index in [0.29, 0.717) is 34.3 Å². The fourth-order valence-corrected chi connectivity index (χ4v) is 3.09. The van der Waals surface area contributed by atoms with Crippen molar-refractivity contribution in [3.05, 3.63) is 72.6 Å². The van der Waals surface area contributed by atoms with E-state index in [9.17, 15) is 9.59 Å². The van der Waals surface area contributed by atoms with Crippen molar-refractivity contribution in [2.24, 2.45) is 0 Å². The van der Waals surface area contributed by atoms with Crippen molar-refractivity contribution >= 4 is 29.3 Å². The van der Waals surface area contributed by atoms with Crippen molar-refractivity contribution in [2.45, 2.75) is 12.0 Å². The molecule has 2 N–H and O–H groups in total. The highest BCUT2D eigenvalue weighted by Crippen LogP contribution is 2.35. The molecule has 1 heterocycles. The number of aldehydes is 2. The Bertz CT molecular complexity index is 929. The first kappa shape index (κ1) is 15.7. The topological polar surface area (TPSA) is 78.0 Å². The van der Waals surface area contributed by atoms with Gasteiger partial charge in [-0.1, -0.05) is 30.3 Å². The molecular weight excluding hydrogens is 302 g/mol. The summed E-state index contributed by atoms with van der Waals surface area (Å²) in [5, 5.41) is 0. The van der Waals surface area contributed by atoms with Crippen molar-refractivity contribution in [2.75, 3.05) is 5.73 Å². The fourth-order valence-electron chi connectivity index (χ4n) is 3.09. The van der Waals surface area contributed by atoms with E-state index in [4.69, 9.17) is 5.73 Å². The lowest BCUT2D eigenvalue weighted by atomic mass is 9.86. The zero-order valence-electron chi connectivity index (χ0n) is 13.1. The molecule has 5 heteroatoms. The van der Waals surface area contributed by atoms with E-state index in [1.54, 1.807) is 35.2 Å². The van der Waals surface area contributed by atoms with Gasteiger partial charge in [0.1, 0.15) is 5.54 Å². The molecule has 1 aromatic heterocycles. The molecular formula is C19H17N3O2. The standard InChI is InChI=1S/C19H17N3O2/c1-2-10-19(12-24,15-7-3-4-8-16(15)20)22-13-21-18-14(11-23)6-5-9-17(18)22/h2-9,11-13H,1,10,20H2. The molecule has 1 unspecified atom stereocenters. The summed E-state index contributed by atoms with van der Waals surface area (Å²) in [4.78, 5) is 27.8. The van der Waals surface area contributed by atoms with Crippen LogP contribution in [0.15, 0.2) is 61.4 Å². The minimum Gasteiger partial charge on any atom is -0.398 e. The van der Waals surface area contributed by atoms with Gasteiger partial charge in [-0.05, 0) is 24.6 Å². The van der Waals surface area contributed by atoms with Crippen LogP contribution in [-0.2, 0) is 10.3 Å². The molecule has 5 nitrogen and oxygen atoms in total. The lowest BCUT2D eigenvalue weighted by Gasteiger charge is -2.31. The van der Waals surface area contributed by atoms with Gasteiger partial charge in [-0.3, -0.25) is 4.79 Å². The molecule has 0 radical (unpaired) electrons. The number of nitrogens with two attached hydrogens (primary N) is 1. The summed E-state index contributed by atoms with van der Waals surface area (Å²) in [7, 11) is 0. The van der Waals surface area contributed by atoms with Gasteiger partial charge < -0.3 is 15.1 Å². The maximum atomic E-state index is 12.2. The highest BCUT2D eigenvalue weighted by molar-refractivity contribution is 5.95. The SMILES string of the molecule is C=CCC(C=O)(c1ccccc1N)n1cnc2c(C=O)cccc21. The van der Waals surface area contributed by atoms with E-state index >= 15 is 0 Å². The van der Waals surface area contributed by atoms with Crippen LogP contribution in [0.5, 0.6) is 0 Å². The number of anilines is 1. The predicted molar refractivity (Wildman–Crippen MR) is 93.9 cm³/mol. The lowest BCUT2D eigenvalue weighted by Crippen LogP contribution is -2.36. The Morgan fingerprint density at radius 1 is 1.17 bits per heavy atom. The molecule has 2 aromatic carbocycles. The van der Waals surface area contributed by atoms with Gasteiger partial charge in [-0.25, -0.2) is 4.98 Å². The first-order valence-corrected chi connectivity index (χ1v) is 7.52. The summed E-state index contributed by atoms with van der Waals surface area (Å²) >= 11 is 0. The van der Waals surface area contributed by atoms with E-state index in [0.717, 1.165) is 12.6 Å². The molecule has 24 heavy (non-hydrogen) atoms. The van der Waals surface area contributed by atoms with Gasteiger partial charge in [-0.2, -0.15) is 0 Å². The van der Waals surface area contributed by atoms with Crippen LogP contribution >= 0.6 is 0 Å². The molecule has 0 bridgehead atoms. The maximum Gasteiger partial charge on any atom is 0.152 e.